The maximum absolute atomic E-state index is 15.3. The molecule has 0 radical (unpaired) electrons. The Bertz CT molecular complexity index is 3320. The molecule has 0 saturated heterocycles. The number of ether oxygens (including phenoxy) is 10. The van der Waals surface area contributed by atoms with Crippen LogP contribution in [0.1, 0.15) is 41.4 Å². The average molecular weight is 1140 g/mol. The van der Waals surface area contributed by atoms with Gasteiger partial charge in [0.05, 0.1) is 115 Å². The predicted molar refractivity (Wildman–Crippen MR) is 314 cm³/mol. The Labute approximate surface area is 480 Å². The van der Waals surface area contributed by atoms with E-state index in [2.05, 4.69) is 0 Å². The Morgan fingerprint density at radius 2 is 0.537 bits per heavy atom. The van der Waals surface area contributed by atoms with Gasteiger partial charge in [0.15, 0.2) is 0 Å². The second-order valence-corrected chi connectivity index (χ2v) is 21.9. The van der Waals surface area contributed by atoms with Gasteiger partial charge in [-0.1, -0.05) is 94.4 Å². The molecule has 9 aromatic rings. The van der Waals surface area contributed by atoms with Gasteiger partial charge in [-0.2, -0.15) is 0 Å². The van der Waals surface area contributed by atoms with E-state index in [9.17, 15) is 0 Å². The number of fused-ring (bicyclic) bond motifs is 3. The molecule has 0 spiro atoms. The first kappa shape index (κ1) is 54.8. The zero-order valence-corrected chi connectivity index (χ0v) is 46.2. The van der Waals surface area contributed by atoms with Gasteiger partial charge in [-0.3, -0.25) is 29.0 Å². The van der Waals surface area contributed by atoms with Gasteiger partial charge in [0, 0.05) is 54.6 Å². The first-order valence-electron chi connectivity index (χ1n) is 27.1. The molecule has 9 aromatic carbocycles. The molecule has 0 atom stereocenters. The molecule has 12 bridgehead atoms. The van der Waals surface area contributed by atoms with E-state index in [0.29, 0.717) is 106 Å². The van der Waals surface area contributed by atoms with Crippen LogP contribution in [-0.4, -0.2) is 137 Å². The summed E-state index contributed by atoms with van der Waals surface area (Å²) in [5.74, 6) is 1.99. The van der Waals surface area contributed by atoms with Crippen molar-refractivity contribution in [2.24, 2.45) is 0 Å². The van der Waals surface area contributed by atoms with E-state index in [1.54, 1.807) is 94.4 Å². The minimum Gasteiger partial charge on any atom is -0.457 e. The number of carbonyl (C=O) groups is 4. The van der Waals surface area contributed by atoms with Crippen LogP contribution in [-0.2, 0) is 28.4 Å². The summed E-state index contributed by atoms with van der Waals surface area (Å²) >= 11 is 0. The Hall–Kier alpha value is -7.78. The second kappa shape index (κ2) is 25.6. The van der Waals surface area contributed by atoms with Gasteiger partial charge in [-0.05, 0) is 72.8 Å². The Kier molecular flexibility index (Phi) is 17.1. The van der Waals surface area contributed by atoms with E-state index in [1.807, 2.05) is 72.8 Å². The van der Waals surface area contributed by atoms with Crippen molar-refractivity contribution in [1.29, 1.82) is 0 Å². The zero-order chi connectivity index (χ0) is 55.8. The van der Waals surface area contributed by atoms with E-state index in [-0.39, 0.29) is 98.0 Å². The molecule has 5 heterocycles. The highest BCUT2D eigenvalue weighted by molar-refractivity contribution is 8.76. The minimum absolute atomic E-state index is 0.0305. The minimum atomic E-state index is -0.569. The average Bonchev–Trinajstić information content (AvgIpc) is 1.11. The number of carbonyl (C=O) groups excluding carboxylic acids is 4. The molecule has 5 aliphatic rings. The highest BCUT2D eigenvalue weighted by atomic mass is 33.1. The van der Waals surface area contributed by atoms with Gasteiger partial charge in [0.25, 0.3) is 23.6 Å². The third-order valence-electron chi connectivity index (χ3n) is 14.1. The van der Waals surface area contributed by atoms with Crippen LogP contribution in [0, 0.1) is 0 Å². The number of hydrogen-bond acceptors (Lipinski definition) is 16. The molecule has 18 heteroatoms. The SMILES string of the molecule is O=C1c2cc(Oc3ccccc3)c3c4c(Oc5ccccc5)cc5c6c7cc(Oc8ccccc8)c(c8c(Oc9ccccc9)cc(c2c38)C(=O)N1CCOCCOCCOCCSSCCOCCOCCOCCN(C5=O)C7=O)c64. The highest BCUT2D eigenvalue weighted by Crippen LogP contribution is 2.58. The molecule has 14 rings (SSSR count). The molecule has 0 N–H and O–H groups in total. The molecular formula is C64H56N2O14S2. The van der Waals surface area contributed by atoms with Crippen molar-refractivity contribution in [1.82, 2.24) is 9.80 Å². The Morgan fingerprint density at radius 3 is 0.805 bits per heavy atom. The number of hydrogen-bond donors (Lipinski definition) is 0. The van der Waals surface area contributed by atoms with Crippen molar-refractivity contribution in [3.8, 4) is 46.0 Å². The molecule has 0 saturated carbocycles. The van der Waals surface area contributed by atoms with E-state index < -0.39 is 23.6 Å². The molecule has 16 nitrogen and oxygen atoms in total. The number of amides is 4. The monoisotopic (exact) mass is 1140 g/mol. The van der Waals surface area contributed by atoms with Crippen LogP contribution < -0.4 is 18.9 Å². The molecule has 0 unspecified atom stereocenters. The van der Waals surface area contributed by atoms with Crippen LogP contribution in [0.3, 0.4) is 0 Å². The largest absolute Gasteiger partial charge is 0.457 e. The van der Waals surface area contributed by atoms with Crippen molar-refractivity contribution in [2.75, 3.05) is 104 Å². The molecule has 82 heavy (non-hydrogen) atoms. The van der Waals surface area contributed by atoms with E-state index in [4.69, 9.17) is 47.4 Å². The molecule has 418 valence electrons. The number of rotatable bonds is 8. The van der Waals surface area contributed by atoms with Crippen molar-refractivity contribution >= 4 is 88.3 Å². The van der Waals surface area contributed by atoms with Crippen molar-refractivity contribution < 1.29 is 66.5 Å². The van der Waals surface area contributed by atoms with Crippen LogP contribution in [0.5, 0.6) is 46.0 Å². The fourth-order valence-electron chi connectivity index (χ4n) is 10.5. The molecule has 5 aliphatic heterocycles. The maximum atomic E-state index is 15.3. The zero-order valence-electron chi connectivity index (χ0n) is 44.6. The Morgan fingerprint density at radius 1 is 0.293 bits per heavy atom. The van der Waals surface area contributed by atoms with Crippen LogP contribution in [0.15, 0.2) is 146 Å². The summed E-state index contributed by atoms with van der Waals surface area (Å²) < 4.78 is 62.9. The lowest BCUT2D eigenvalue weighted by Crippen LogP contribution is -2.42. The third-order valence-corrected chi connectivity index (χ3v) is 16.4. The molecule has 0 aliphatic carbocycles. The number of para-hydroxylation sites is 4. The van der Waals surface area contributed by atoms with Crippen LogP contribution >= 0.6 is 21.6 Å². The summed E-state index contributed by atoms with van der Waals surface area (Å²) in [6, 6.07) is 43.2. The Balaban J connectivity index is 1.09. The van der Waals surface area contributed by atoms with Gasteiger partial charge in [-0.25, -0.2) is 0 Å². The van der Waals surface area contributed by atoms with Crippen LogP contribution in [0.4, 0.5) is 0 Å². The van der Waals surface area contributed by atoms with E-state index in [0.717, 1.165) is 11.5 Å². The fraction of sp³-hybridized carbons (Fsp3) is 0.250. The van der Waals surface area contributed by atoms with E-state index >= 15 is 19.2 Å². The standard InChI is InChI=1S/C64H56N2O14S2/c67-61-45-37-49(77-41-13-5-1-6-14-41)55-56-50(78-42-15-7-2-8-16-42)38-47-54-48-40-52(80-44-19-11-4-12-20-44)58(60(54)56)57-51(79-43-17-9-3-10-18-43)39-46(53(45)59(55)57)62(68)65(61)21-23-71-25-27-73-29-31-75-33-35-81-82-36-34-76-32-30-74-28-26-72-24-22-66(63(47)69)64(48)70/h1-20,37-40H,21-36H2. The first-order chi connectivity index (χ1) is 40.4. The number of nitrogens with zero attached hydrogens (tertiary/aromatic N) is 2. The van der Waals surface area contributed by atoms with Crippen molar-refractivity contribution in [2.45, 2.75) is 0 Å². The van der Waals surface area contributed by atoms with Crippen LogP contribution in [0.2, 0.25) is 0 Å². The maximum Gasteiger partial charge on any atom is 0.261 e. The molecular weight excluding hydrogens is 1080 g/mol. The summed E-state index contributed by atoms with van der Waals surface area (Å²) in [4.78, 5) is 63.5. The summed E-state index contributed by atoms with van der Waals surface area (Å²) in [6.45, 7) is 3.70. The molecule has 4 amide bonds. The lowest BCUT2D eigenvalue weighted by molar-refractivity contribution is 0.0130. The highest BCUT2D eigenvalue weighted by Gasteiger charge is 2.41. The topological polar surface area (TPSA) is 167 Å². The quantitative estimate of drug-likeness (QED) is 0.0609. The van der Waals surface area contributed by atoms with Gasteiger partial charge in [-0.15, -0.1) is 0 Å². The smallest absolute Gasteiger partial charge is 0.261 e. The predicted octanol–water partition coefficient (Wildman–Crippen LogP) is 12.6. The van der Waals surface area contributed by atoms with Crippen molar-refractivity contribution in [3.63, 3.8) is 0 Å². The van der Waals surface area contributed by atoms with Gasteiger partial charge < -0.3 is 47.4 Å². The summed E-state index contributed by atoms with van der Waals surface area (Å²) in [7, 11) is 3.42. The fourth-order valence-corrected chi connectivity index (χ4v) is 12.2. The van der Waals surface area contributed by atoms with Crippen LogP contribution in [0.25, 0.3) is 43.1 Å². The lowest BCUT2D eigenvalue weighted by atomic mass is 9.80. The first-order valence-corrected chi connectivity index (χ1v) is 29.6. The van der Waals surface area contributed by atoms with Gasteiger partial charge in [0.2, 0.25) is 0 Å². The third kappa shape index (κ3) is 11.4. The number of imide groups is 2. The molecule has 0 fully saturated rings. The summed E-state index contributed by atoms with van der Waals surface area (Å²) in [5.41, 5.74) is 0.738. The lowest BCUT2D eigenvalue weighted by Gasteiger charge is -2.32. The van der Waals surface area contributed by atoms with Gasteiger partial charge in [0.1, 0.15) is 46.0 Å². The van der Waals surface area contributed by atoms with Crippen molar-refractivity contribution in [3.05, 3.63) is 168 Å². The molecule has 0 aromatic heterocycles. The summed E-state index contributed by atoms with van der Waals surface area (Å²) in [6.07, 6.45) is 0. The second-order valence-electron chi connectivity index (χ2n) is 19.2. The normalized spacial score (nSPS) is 16.9. The number of benzene rings is 9. The summed E-state index contributed by atoms with van der Waals surface area (Å²) in [5, 5.41) is 3.17. The van der Waals surface area contributed by atoms with Gasteiger partial charge >= 0.3 is 0 Å². The van der Waals surface area contributed by atoms with E-state index in [1.165, 1.54) is 9.80 Å².